The predicted molar refractivity (Wildman–Crippen MR) is 14.9 cm³/mol. The Balaban J connectivity index is 0. The van der Waals surface area contributed by atoms with Crippen LogP contribution < -0.4 is 0 Å². The summed E-state index contributed by atoms with van der Waals surface area (Å²) in [6, 6.07) is 0. The van der Waals surface area contributed by atoms with Gasteiger partial charge in [0.2, 0.25) is 0 Å². The third kappa shape index (κ3) is 75.3. The molecule has 0 aromatic rings. The molecule has 0 aromatic heterocycles. The van der Waals surface area contributed by atoms with Gasteiger partial charge in [0.25, 0.3) is 0 Å². The Morgan fingerprint density at radius 2 is 0.333 bits per heavy atom. The first kappa shape index (κ1) is 118. The van der Waals surface area contributed by atoms with Gasteiger partial charge in [-0.1, -0.05) is 0 Å². The van der Waals surface area contributed by atoms with Crippen molar-refractivity contribution in [3.05, 3.63) is 0 Å². The molecule has 0 aliphatic rings. The molecule has 0 amide bonds. The molecule has 0 fully saturated rings. The van der Waals surface area contributed by atoms with Crippen LogP contribution in [0.25, 0.3) is 0 Å². The number of hydrogen-bond donors (Lipinski definition) is 0. The molecule has 0 atom stereocenters. The van der Waals surface area contributed by atoms with Gasteiger partial charge in [-0.3, -0.25) is 0 Å². The van der Waals surface area contributed by atoms with Crippen molar-refractivity contribution in [1.82, 2.24) is 0 Å². The normalized spacial score (nSPS) is 0. The van der Waals surface area contributed by atoms with E-state index in [0.717, 1.165) is 0 Å². The third-order valence-corrected chi connectivity index (χ3v) is 0. The van der Waals surface area contributed by atoms with E-state index >= 15 is 0 Å². The van der Waals surface area contributed by atoms with Crippen molar-refractivity contribution in [1.29, 1.82) is 0 Å². The molecule has 50 valence electrons. The zero-order valence-electron chi connectivity index (χ0n) is 4.16. The zero-order valence-corrected chi connectivity index (χ0v) is 15.3. The van der Waals surface area contributed by atoms with Crippen molar-refractivity contribution in [3.63, 3.8) is 0 Å². The van der Waals surface area contributed by atoms with Gasteiger partial charge >= 0.3 is 132 Å². The van der Waals surface area contributed by atoms with Crippen LogP contribution in [0.2, 0.25) is 0 Å². The summed E-state index contributed by atoms with van der Waals surface area (Å²) in [5.41, 5.74) is 0. The molecule has 0 bridgehead atoms. The summed E-state index contributed by atoms with van der Waals surface area (Å²) in [5, 5.41) is 0. The summed E-state index contributed by atoms with van der Waals surface area (Å²) in [7, 11) is 0. The average molecular weight is 466 g/mol. The van der Waals surface area contributed by atoms with Gasteiger partial charge in [0.05, 0.1) is 0 Å². The maximum absolute atomic E-state index is 0. The van der Waals surface area contributed by atoms with Crippen molar-refractivity contribution in [2.45, 2.75) is 0 Å². The van der Waals surface area contributed by atoms with Crippen molar-refractivity contribution < 1.29 is 61.5 Å². The molecule has 9 heteroatoms. The molecular formula is Ba2Fe2O5. The molecule has 2 radical (unpaired) electrons. The molecular weight excluding hydrogens is 466 g/mol. The van der Waals surface area contributed by atoms with E-state index in [2.05, 4.69) is 0 Å². The molecule has 0 spiro atoms. The molecule has 0 unspecified atom stereocenters. The molecule has 0 aliphatic carbocycles. The Hall–Kier alpha value is 3.98. The van der Waals surface area contributed by atoms with E-state index < -0.39 is 0 Å². The van der Waals surface area contributed by atoms with Crippen LogP contribution in [0.1, 0.15) is 0 Å². The Bertz CT molecular complexity index is 12.9. The Kier molecular flexibility index (Phi) is 1190. The minimum Gasteiger partial charge on any atom is -2.00 e. The van der Waals surface area contributed by atoms with Crippen LogP contribution in [0.3, 0.4) is 0 Å². The van der Waals surface area contributed by atoms with E-state index in [0.29, 0.717) is 0 Å². The van der Waals surface area contributed by atoms with Crippen LogP contribution in [0.4, 0.5) is 0 Å². The second kappa shape index (κ2) is 91.1. The first-order chi connectivity index (χ1) is 0. The zero-order chi connectivity index (χ0) is 0. The van der Waals surface area contributed by atoms with Crippen LogP contribution in [0.5, 0.6) is 0 Å². The van der Waals surface area contributed by atoms with E-state index in [4.69, 9.17) is 0 Å². The molecule has 0 saturated heterocycles. The van der Waals surface area contributed by atoms with Gasteiger partial charge in [0.15, 0.2) is 0 Å². The Labute approximate surface area is 155 Å². The number of rotatable bonds is 0. The third-order valence-electron chi connectivity index (χ3n) is 0. The first-order valence-corrected chi connectivity index (χ1v) is 0. The van der Waals surface area contributed by atoms with Gasteiger partial charge in [-0.05, 0) is 0 Å². The van der Waals surface area contributed by atoms with E-state index in [-0.39, 0.29) is 159 Å². The van der Waals surface area contributed by atoms with Crippen LogP contribution in [0, 0.1) is 0 Å². The topological polar surface area (TPSA) is 142 Å². The summed E-state index contributed by atoms with van der Waals surface area (Å²) in [5.74, 6) is 0. The van der Waals surface area contributed by atoms with Crippen molar-refractivity contribution >= 4 is 97.8 Å². The molecule has 0 N–H and O–H groups in total. The Morgan fingerprint density at radius 1 is 0.333 bits per heavy atom. The quantitative estimate of drug-likeness (QED) is 0.389. The fourth-order valence-corrected chi connectivity index (χ4v) is 0. The molecule has 0 rings (SSSR count). The maximum Gasteiger partial charge on any atom is 3.00 e. The maximum atomic E-state index is 0. The minimum atomic E-state index is 0. The summed E-state index contributed by atoms with van der Waals surface area (Å²) in [6.45, 7) is 0. The molecule has 0 aromatic carbocycles. The molecule has 9 heavy (non-hydrogen) atoms. The summed E-state index contributed by atoms with van der Waals surface area (Å²) in [6.07, 6.45) is 0. The average Bonchev–Trinajstić information content (AvgIpc) is 0. The van der Waals surface area contributed by atoms with Crippen LogP contribution in [-0.2, 0) is 61.5 Å². The van der Waals surface area contributed by atoms with Gasteiger partial charge < -0.3 is 27.4 Å². The van der Waals surface area contributed by atoms with Gasteiger partial charge in [-0.2, -0.15) is 0 Å². The van der Waals surface area contributed by atoms with Crippen molar-refractivity contribution in [3.8, 4) is 0 Å². The van der Waals surface area contributed by atoms with E-state index in [1.807, 2.05) is 0 Å². The summed E-state index contributed by atoms with van der Waals surface area (Å²) >= 11 is 0. The molecule has 0 heterocycles. The largest absolute Gasteiger partial charge is 3.00 e. The van der Waals surface area contributed by atoms with Crippen molar-refractivity contribution in [2.75, 3.05) is 0 Å². The fraction of sp³-hybridized carbons (Fsp3) is 0. The first-order valence-electron chi connectivity index (χ1n) is 0. The van der Waals surface area contributed by atoms with E-state index in [9.17, 15) is 0 Å². The van der Waals surface area contributed by atoms with E-state index in [1.165, 1.54) is 0 Å². The van der Waals surface area contributed by atoms with Gasteiger partial charge in [-0.15, -0.1) is 0 Å². The molecule has 0 aliphatic heterocycles. The predicted octanol–water partition coefficient (Wildman–Crippen LogP) is -1.36. The minimum absolute atomic E-state index is 0. The van der Waals surface area contributed by atoms with Gasteiger partial charge in [0.1, 0.15) is 0 Å². The second-order valence-corrected chi connectivity index (χ2v) is 0. The SMILES string of the molecule is [Ba+2].[Ba+2].[Fe+3].[Fe+3].[O-2].[O-2].[O-2].[O-2].[O-2]. The molecule has 5 nitrogen and oxygen atoms in total. The van der Waals surface area contributed by atoms with Crippen LogP contribution >= 0.6 is 0 Å². The van der Waals surface area contributed by atoms with Crippen molar-refractivity contribution in [2.24, 2.45) is 0 Å². The standard InChI is InChI=1S/2Ba.2Fe.5O/q2*+2;2*+3;5*-2. The van der Waals surface area contributed by atoms with Gasteiger partial charge in [-0.25, -0.2) is 0 Å². The van der Waals surface area contributed by atoms with E-state index in [1.54, 1.807) is 0 Å². The fourth-order valence-electron chi connectivity index (χ4n) is 0. The summed E-state index contributed by atoms with van der Waals surface area (Å²) in [4.78, 5) is 0. The van der Waals surface area contributed by atoms with Crippen LogP contribution in [-0.4, -0.2) is 97.8 Å². The monoisotopic (exact) mass is 468 g/mol. The summed E-state index contributed by atoms with van der Waals surface area (Å²) < 4.78 is 0. The smallest absolute Gasteiger partial charge is 2.00 e. The Morgan fingerprint density at radius 3 is 0.333 bits per heavy atom. The van der Waals surface area contributed by atoms with Gasteiger partial charge in [0, 0.05) is 0 Å². The number of hydrogen-bond acceptors (Lipinski definition) is 0. The van der Waals surface area contributed by atoms with Crippen LogP contribution in [0.15, 0.2) is 0 Å². The second-order valence-electron chi connectivity index (χ2n) is 0. The molecule has 0 saturated carbocycles.